The Balaban J connectivity index is -0.00000000585. The van der Waals surface area contributed by atoms with Gasteiger partial charge in [-0.15, -0.1) is 0 Å². The van der Waals surface area contributed by atoms with Crippen LogP contribution in [0.4, 0.5) is 0 Å². The molecule has 31 heavy (non-hydrogen) atoms. The van der Waals surface area contributed by atoms with Gasteiger partial charge in [0.2, 0.25) is 0 Å². The van der Waals surface area contributed by atoms with Crippen LogP contribution in [0.25, 0.3) is 0 Å². The van der Waals surface area contributed by atoms with Gasteiger partial charge < -0.3 is 11.0 Å². The summed E-state index contributed by atoms with van der Waals surface area (Å²) in [6, 6.07) is 0. The molecule has 206 valence electrons. The first-order valence-corrected chi connectivity index (χ1v) is 6.87. The van der Waals surface area contributed by atoms with Crippen molar-refractivity contribution in [1.82, 2.24) is 0 Å². The molecule has 0 aromatic carbocycles. The van der Waals surface area contributed by atoms with Crippen molar-refractivity contribution < 1.29 is 188 Å². The van der Waals surface area contributed by atoms with Crippen molar-refractivity contribution in [3.8, 4) is 0 Å². The van der Waals surface area contributed by atoms with Crippen molar-refractivity contribution in [2.45, 2.75) is 22.3 Å². The molecule has 0 aliphatic carbocycles. The zero-order valence-electron chi connectivity index (χ0n) is 12.9. The van der Waals surface area contributed by atoms with E-state index in [9.17, 15) is 0 Å². The molecule has 11 N–H and O–H groups in total. The van der Waals surface area contributed by atoms with Crippen LogP contribution >= 0.6 is 0 Å². The van der Waals surface area contributed by atoms with E-state index in [1.165, 1.54) is 14.2 Å². The van der Waals surface area contributed by atoms with E-state index in [0.717, 1.165) is 0 Å². The average Bonchev–Trinajstić information content (AvgIpc) is 2.55. The van der Waals surface area contributed by atoms with E-state index in [4.69, 9.17) is 73.1 Å². The standard InChI is InChI=1S/C2H6O2.3CH4.6Mn.4H2O2.2H2O.8O/c1-3-4-2;;;;;;;;;;4*1-2;;;;;;;;;;/h1-2H3;3*1H4;;;;;;;4*1-2H;2*1H2;;;;;;;;/q;;;;;;;2*+2;+3;;;;;;;;;;;;;;-1/p-1. The topological polar surface area (TPSA) is 384 Å². The third-order valence-electron chi connectivity index (χ3n) is 0.167. The van der Waals surface area contributed by atoms with Gasteiger partial charge in [0.25, 0.3) is 0 Å². The van der Waals surface area contributed by atoms with Crippen molar-refractivity contribution in [3.63, 3.8) is 0 Å². The van der Waals surface area contributed by atoms with E-state index in [1.54, 1.807) is 0 Å². The molecule has 0 aliphatic heterocycles. The predicted octanol–water partition coefficient (Wildman–Crippen LogP) is -0.865. The Labute approximate surface area is 222 Å². The molecule has 0 saturated heterocycles. The molecule has 0 aromatic heterocycles. The summed E-state index contributed by atoms with van der Waals surface area (Å²) in [5.41, 5.74) is 0. The van der Waals surface area contributed by atoms with Gasteiger partial charge in [-0.05, 0) is 0 Å². The van der Waals surface area contributed by atoms with Gasteiger partial charge in [0.1, 0.15) is 0 Å². The quantitative estimate of drug-likeness (QED) is 0.0920. The molecule has 0 atom stereocenters. The zero-order valence-corrected chi connectivity index (χ0v) is 20.0. The predicted molar refractivity (Wildman–Crippen MR) is 65.6 cm³/mol. The molecule has 2 radical (unpaired) electrons. The maximum atomic E-state index is 8.58. The fraction of sp³-hybridized carbons (Fsp3) is 1.00. The third-order valence-corrected chi connectivity index (χ3v) is 0.167. The Morgan fingerprint density at radius 3 is 0.677 bits per heavy atom. The maximum absolute atomic E-state index is 8.58. The van der Waals surface area contributed by atoms with Gasteiger partial charge in [0.05, 0.1) is 14.2 Å². The van der Waals surface area contributed by atoms with E-state index < -0.39 is 42.6 Å². The Morgan fingerprint density at radius 2 is 0.677 bits per heavy atom. The van der Waals surface area contributed by atoms with Crippen LogP contribution in [-0.4, -0.2) is 67.2 Å². The molecule has 0 amide bonds. The molecule has 0 saturated carbocycles. The molecule has 0 rings (SSSR count). The zero-order chi connectivity index (χ0) is 21.3. The second-order valence-corrected chi connectivity index (χ2v) is 2.41. The summed E-state index contributed by atoms with van der Waals surface area (Å²) >= 11 is -8.50. The molecule has 0 unspecified atom stereocenters. The van der Waals surface area contributed by atoms with Crippen molar-refractivity contribution in [3.05, 3.63) is 0 Å². The molecule has 0 spiro atoms. The van der Waals surface area contributed by atoms with Gasteiger partial charge in [0, 0.05) is 0 Å². The second-order valence-electron chi connectivity index (χ2n) is 0.837. The SMILES string of the molecule is C.C.C.COOC.O.OO.OO.OO.OO.[Mn+2].[Mn+2].[Mn+3].[OH-].[O]=[Mn](=[O])(=[O])[O-].[O]=[Mn]=[O].[O]=[Mn]=[O]. The van der Waals surface area contributed by atoms with Crippen LogP contribution in [0.2, 0.25) is 0 Å². The Hall–Kier alpha value is 1.20. The van der Waals surface area contributed by atoms with Crippen LogP contribution < -0.4 is 4.19 Å². The third kappa shape index (κ3) is 5510. The van der Waals surface area contributed by atoms with Crippen LogP contribution in [0.15, 0.2) is 0 Å². The number of hydrogen-bond acceptors (Lipinski definition) is 19. The normalized spacial score (nSPS) is 4.35. The monoisotopic (exact) mass is 739 g/mol. The van der Waals surface area contributed by atoms with Gasteiger partial charge in [-0.3, -0.25) is 42.1 Å². The summed E-state index contributed by atoms with van der Waals surface area (Å²) < 4.78 is 67.9. The molecule has 0 aliphatic rings. The minimum absolute atomic E-state index is 0. The van der Waals surface area contributed by atoms with Crippen molar-refractivity contribution in [2.75, 3.05) is 14.2 Å². The van der Waals surface area contributed by atoms with Gasteiger partial charge >= 0.3 is 125 Å². The van der Waals surface area contributed by atoms with Crippen LogP contribution in [-0.2, 0) is 130 Å². The van der Waals surface area contributed by atoms with Crippen molar-refractivity contribution >= 4 is 0 Å². The summed E-state index contributed by atoms with van der Waals surface area (Å²) in [6.07, 6.45) is 0. The first kappa shape index (κ1) is 119. The van der Waals surface area contributed by atoms with Crippen LogP contribution in [0.3, 0.4) is 0 Å². The molecule has 0 heterocycles. The van der Waals surface area contributed by atoms with E-state index in [-0.39, 0.29) is 84.4 Å². The van der Waals surface area contributed by atoms with E-state index in [2.05, 4.69) is 9.78 Å². The minimum atomic E-state index is -5.62. The average molecular weight is 739 g/mol. The number of hydrogen-bond donors (Lipinski definition) is 8. The Morgan fingerprint density at radius 1 is 0.645 bits per heavy atom. The van der Waals surface area contributed by atoms with Crippen LogP contribution in [0, 0.1) is 0 Å². The molecule has 20 nitrogen and oxygen atoms in total. The molecular weight excluding hydrogens is 710 g/mol. The summed E-state index contributed by atoms with van der Waals surface area (Å²) in [5, 5.41) is 48.0. The van der Waals surface area contributed by atoms with Crippen molar-refractivity contribution in [2.24, 2.45) is 0 Å². The molecule has 0 bridgehead atoms. The van der Waals surface area contributed by atoms with E-state index in [0.29, 0.717) is 0 Å². The molecule has 0 aromatic rings. The second kappa shape index (κ2) is 227. The molecule has 0 fully saturated rings. The Bertz CT molecular complexity index is 302. The summed E-state index contributed by atoms with van der Waals surface area (Å²) in [6.45, 7) is 0. The first-order valence-electron chi connectivity index (χ1n) is 3.02. The first-order chi connectivity index (χ1) is 10.7. The van der Waals surface area contributed by atoms with Crippen LogP contribution in [0.5, 0.6) is 0 Å². The fourth-order valence-corrected chi connectivity index (χ4v) is 0. The summed E-state index contributed by atoms with van der Waals surface area (Å²) in [5.74, 6) is 0. The van der Waals surface area contributed by atoms with E-state index in [1.807, 2.05) is 0 Å². The van der Waals surface area contributed by atoms with E-state index >= 15 is 0 Å². The van der Waals surface area contributed by atoms with Gasteiger partial charge in [-0.1, -0.05) is 22.3 Å². The van der Waals surface area contributed by atoms with Crippen LogP contribution in [0.1, 0.15) is 22.3 Å². The molecular formula is C5H29Mn6O20+5. The Kier molecular flexibility index (Phi) is 874. The van der Waals surface area contributed by atoms with Crippen molar-refractivity contribution in [1.29, 1.82) is 0 Å². The van der Waals surface area contributed by atoms with Gasteiger partial charge in [0.15, 0.2) is 0 Å². The summed E-state index contributed by atoms with van der Waals surface area (Å²) in [4.78, 5) is 8.08. The van der Waals surface area contributed by atoms with Gasteiger partial charge in [-0.25, -0.2) is 9.78 Å². The summed E-state index contributed by atoms with van der Waals surface area (Å²) in [7, 11) is 2.92. The van der Waals surface area contributed by atoms with Gasteiger partial charge in [-0.2, -0.15) is 0 Å². The fourth-order valence-electron chi connectivity index (χ4n) is 0. The number of rotatable bonds is 1. The molecule has 26 heteroatoms.